The van der Waals surface area contributed by atoms with E-state index in [1.807, 2.05) is 0 Å². The van der Waals surface area contributed by atoms with Crippen LogP contribution >= 0.6 is 36.4 Å². The van der Waals surface area contributed by atoms with Gasteiger partial charge < -0.3 is 15.4 Å². The summed E-state index contributed by atoms with van der Waals surface area (Å²) in [5.41, 5.74) is 0.745. The van der Waals surface area contributed by atoms with E-state index in [0.29, 0.717) is 16.7 Å². The van der Waals surface area contributed by atoms with Crippen molar-refractivity contribution >= 4 is 48.0 Å². The number of ether oxygens (including phenoxy) is 1. The minimum atomic E-state index is -0.0887. The molecule has 2 N–H and O–H groups in total. The molecule has 1 unspecified atom stereocenters. The quantitative estimate of drug-likeness (QED) is 0.826. The summed E-state index contributed by atoms with van der Waals surface area (Å²) < 4.78 is 5.60. The molecule has 1 aromatic carbocycles. The van der Waals surface area contributed by atoms with Gasteiger partial charge in [-0.1, -0.05) is 11.6 Å². The van der Waals surface area contributed by atoms with E-state index in [1.54, 1.807) is 36.4 Å². The molecule has 1 aromatic heterocycles. The third kappa shape index (κ3) is 5.53. The Balaban J connectivity index is 0.00000144. The van der Waals surface area contributed by atoms with Crippen LogP contribution in [0.5, 0.6) is 11.6 Å². The molecule has 1 aliphatic rings. The van der Waals surface area contributed by atoms with Crippen LogP contribution in [-0.4, -0.2) is 23.5 Å². The van der Waals surface area contributed by atoms with Crippen molar-refractivity contribution in [1.29, 1.82) is 0 Å². The van der Waals surface area contributed by atoms with Crippen LogP contribution in [0.25, 0.3) is 0 Å². The summed E-state index contributed by atoms with van der Waals surface area (Å²) in [6.45, 7) is 0.902. The summed E-state index contributed by atoms with van der Waals surface area (Å²) in [7, 11) is 0. The molecular formula is C16H18Cl3N3O2. The first-order valence-electron chi connectivity index (χ1n) is 7.14. The van der Waals surface area contributed by atoms with Crippen LogP contribution in [0.4, 0.5) is 5.69 Å². The van der Waals surface area contributed by atoms with E-state index in [4.69, 9.17) is 16.3 Å². The van der Waals surface area contributed by atoms with E-state index in [-0.39, 0.29) is 36.8 Å². The van der Waals surface area contributed by atoms with Gasteiger partial charge >= 0.3 is 0 Å². The van der Waals surface area contributed by atoms with Crippen LogP contribution in [0.15, 0.2) is 42.6 Å². The number of pyridine rings is 1. The zero-order valence-corrected chi connectivity index (χ0v) is 15.1. The predicted molar refractivity (Wildman–Crippen MR) is 99.9 cm³/mol. The molecule has 5 nitrogen and oxygen atoms in total. The Hall–Kier alpha value is -1.53. The molecule has 0 radical (unpaired) electrons. The highest BCUT2D eigenvalue weighted by Crippen LogP contribution is 2.22. The SMILES string of the molecule is Cl.Cl.O=C(Nc1ccc(Oc2ccc(Cl)cn2)cc1)C1CCCN1. The van der Waals surface area contributed by atoms with Gasteiger partial charge in [0.1, 0.15) is 5.75 Å². The molecule has 0 spiro atoms. The topological polar surface area (TPSA) is 63.2 Å². The van der Waals surface area contributed by atoms with Crippen LogP contribution in [-0.2, 0) is 4.79 Å². The minimum absolute atomic E-state index is 0. The van der Waals surface area contributed by atoms with Gasteiger partial charge in [0.15, 0.2) is 0 Å². The molecule has 0 saturated carbocycles. The summed E-state index contributed by atoms with van der Waals surface area (Å²) in [5.74, 6) is 1.12. The number of hydrogen-bond donors (Lipinski definition) is 2. The Morgan fingerprint density at radius 1 is 1.21 bits per heavy atom. The molecule has 1 atom stereocenters. The molecular weight excluding hydrogens is 373 g/mol. The molecule has 0 aliphatic carbocycles. The van der Waals surface area contributed by atoms with Gasteiger partial charge in [0.05, 0.1) is 11.1 Å². The van der Waals surface area contributed by atoms with Crippen molar-refractivity contribution in [3.63, 3.8) is 0 Å². The van der Waals surface area contributed by atoms with Crippen molar-refractivity contribution in [2.75, 3.05) is 11.9 Å². The average molecular weight is 391 g/mol. The normalized spacial score (nSPS) is 15.8. The Morgan fingerprint density at radius 3 is 2.54 bits per heavy atom. The van der Waals surface area contributed by atoms with Crippen LogP contribution in [0.2, 0.25) is 5.02 Å². The number of nitrogens with one attached hydrogen (secondary N) is 2. The number of nitrogens with zero attached hydrogens (tertiary/aromatic N) is 1. The highest BCUT2D eigenvalue weighted by molar-refractivity contribution is 6.30. The standard InChI is InChI=1S/C16H16ClN3O2.2ClH/c17-11-3-8-15(19-10-11)22-13-6-4-12(5-7-13)20-16(21)14-2-1-9-18-14;;/h3-8,10,14,18H,1-2,9H2,(H,20,21);2*1H. The Labute approximate surface area is 158 Å². The fourth-order valence-electron chi connectivity index (χ4n) is 2.29. The second kappa shape index (κ2) is 9.69. The Morgan fingerprint density at radius 2 is 1.96 bits per heavy atom. The maximum Gasteiger partial charge on any atom is 0.241 e. The number of halogens is 3. The summed E-state index contributed by atoms with van der Waals surface area (Å²) in [5, 5.41) is 6.62. The van der Waals surface area contributed by atoms with Gasteiger partial charge in [-0.3, -0.25) is 4.79 Å². The molecule has 24 heavy (non-hydrogen) atoms. The number of aromatic nitrogens is 1. The van der Waals surface area contributed by atoms with E-state index < -0.39 is 0 Å². The van der Waals surface area contributed by atoms with E-state index in [2.05, 4.69) is 15.6 Å². The van der Waals surface area contributed by atoms with Crippen molar-refractivity contribution in [3.8, 4) is 11.6 Å². The zero-order valence-electron chi connectivity index (χ0n) is 12.7. The number of hydrogen-bond acceptors (Lipinski definition) is 4. The van der Waals surface area contributed by atoms with Gasteiger partial charge in [0, 0.05) is 18.0 Å². The number of anilines is 1. The smallest absolute Gasteiger partial charge is 0.241 e. The number of carbonyl (C=O) groups is 1. The van der Waals surface area contributed by atoms with Crippen molar-refractivity contribution in [2.24, 2.45) is 0 Å². The molecule has 3 rings (SSSR count). The third-order valence-electron chi connectivity index (χ3n) is 3.42. The highest BCUT2D eigenvalue weighted by atomic mass is 35.5. The van der Waals surface area contributed by atoms with Crippen molar-refractivity contribution in [2.45, 2.75) is 18.9 Å². The number of amides is 1. The Bertz CT molecular complexity index is 645. The summed E-state index contributed by atoms with van der Waals surface area (Å²) in [6.07, 6.45) is 3.45. The summed E-state index contributed by atoms with van der Waals surface area (Å²) in [6, 6.07) is 10.5. The maximum atomic E-state index is 12.0. The fraction of sp³-hybridized carbons (Fsp3) is 0.250. The van der Waals surface area contributed by atoms with Crippen LogP contribution in [0.1, 0.15) is 12.8 Å². The van der Waals surface area contributed by atoms with Gasteiger partial charge in [0.2, 0.25) is 11.8 Å². The molecule has 1 fully saturated rings. The second-order valence-electron chi connectivity index (χ2n) is 5.08. The van der Waals surface area contributed by atoms with Gasteiger partial charge in [-0.25, -0.2) is 4.98 Å². The van der Waals surface area contributed by atoms with E-state index >= 15 is 0 Å². The number of carbonyl (C=O) groups excluding carboxylic acids is 1. The van der Waals surface area contributed by atoms with Crippen LogP contribution in [0, 0.1) is 0 Å². The molecule has 1 aliphatic heterocycles. The van der Waals surface area contributed by atoms with Gasteiger partial charge in [0.25, 0.3) is 0 Å². The van der Waals surface area contributed by atoms with Gasteiger partial charge in [-0.15, -0.1) is 24.8 Å². The van der Waals surface area contributed by atoms with Crippen LogP contribution < -0.4 is 15.4 Å². The third-order valence-corrected chi connectivity index (χ3v) is 3.64. The molecule has 1 amide bonds. The highest BCUT2D eigenvalue weighted by Gasteiger charge is 2.21. The van der Waals surface area contributed by atoms with Gasteiger partial charge in [-0.2, -0.15) is 0 Å². The first-order chi connectivity index (χ1) is 10.7. The summed E-state index contributed by atoms with van der Waals surface area (Å²) >= 11 is 5.77. The first kappa shape index (κ1) is 20.5. The zero-order chi connectivity index (χ0) is 15.4. The number of benzene rings is 1. The first-order valence-corrected chi connectivity index (χ1v) is 7.52. The molecule has 1 saturated heterocycles. The fourth-order valence-corrected chi connectivity index (χ4v) is 2.40. The summed E-state index contributed by atoms with van der Waals surface area (Å²) in [4.78, 5) is 16.1. The lowest BCUT2D eigenvalue weighted by atomic mass is 10.2. The Kier molecular flexibility index (Phi) is 8.28. The van der Waals surface area contributed by atoms with Gasteiger partial charge in [-0.05, 0) is 49.7 Å². The van der Waals surface area contributed by atoms with Crippen LogP contribution in [0.3, 0.4) is 0 Å². The lowest BCUT2D eigenvalue weighted by Gasteiger charge is -2.11. The van der Waals surface area contributed by atoms with E-state index in [9.17, 15) is 4.79 Å². The molecule has 8 heteroatoms. The largest absolute Gasteiger partial charge is 0.439 e. The molecule has 0 bridgehead atoms. The number of rotatable bonds is 4. The van der Waals surface area contributed by atoms with E-state index in [1.165, 1.54) is 6.20 Å². The van der Waals surface area contributed by atoms with Crippen molar-refractivity contribution in [3.05, 3.63) is 47.6 Å². The van der Waals surface area contributed by atoms with Crippen molar-refractivity contribution in [1.82, 2.24) is 10.3 Å². The minimum Gasteiger partial charge on any atom is -0.439 e. The monoisotopic (exact) mass is 389 g/mol. The second-order valence-corrected chi connectivity index (χ2v) is 5.52. The predicted octanol–water partition coefficient (Wildman–Crippen LogP) is 4.06. The molecule has 2 aromatic rings. The average Bonchev–Trinajstić information content (AvgIpc) is 3.06. The van der Waals surface area contributed by atoms with E-state index in [0.717, 1.165) is 25.1 Å². The van der Waals surface area contributed by atoms with Crippen molar-refractivity contribution < 1.29 is 9.53 Å². The molecule has 2 heterocycles. The maximum absolute atomic E-state index is 12.0. The lowest BCUT2D eigenvalue weighted by molar-refractivity contribution is -0.117. The lowest BCUT2D eigenvalue weighted by Crippen LogP contribution is -2.35. The molecule has 130 valence electrons.